The number of carbonyl (C=O) groups excluding carboxylic acids is 1. The van der Waals surface area contributed by atoms with Gasteiger partial charge in [0.05, 0.1) is 7.11 Å². The minimum atomic E-state index is -0.0676. The van der Waals surface area contributed by atoms with Crippen LogP contribution in [0.5, 0.6) is 5.75 Å². The fourth-order valence-electron chi connectivity index (χ4n) is 1.65. The maximum absolute atomic E-state index is 12.2. The van der Waals surface area contributed by atoms with Crippen LogP contribution in [0.1, 0.15) is 23.1 Å². The number of aromatic nitrogens is 2. The van der Waals surface area contributed by atoms with E-state index in [0.29, 0.717) is 5.56 Å². The lowest BCUT2D eigenvalue weighted by Gasteiger charge is -2.05. The molecule has 1 heterocycles. The summed E-state index contributed by atoms with van der Waals surface area (Å²) in [7, 11) is 1.60. The highest BCUT2D eigenvalue weighted by atomic mass is 16.5. The summed E-state index contributed by atoms with van der Waals surface area (Å²) in [5, 5.41) is 0. The van der Waals surface area contributed by atoms with Crippen LogP contribution in [-0.4, -0.2) is 22.6 Å². The van der Waals surface area contributed by atoms with E-state index in [-0.39, 0.29) is 5.91 Å². The van der Waals surface area contributed by atoms with Crippen molar-refractivity contribution in [2.45, 2.75) is 13.3 Å². The molecule has 0 aliphatic heterocycles. The van der Waals surface area contributed by atoms with E-state index in [9.17, 15) is 4.79 Å². The van der Waals surface area contributed by atoms with Gasteiger partial charge < -0.3 is 4.74 Å². The molecule has 2 rings (SSSR count). The van der Waals surface area contributed by atoms with Gasteiger partial charge in [0, 0.05) is 24.4 Å². The van der Waals surface area contributed by atoms with Gasteiger partial charge in [-0.15, -0.1) is 0 Å². The van der Waals surface area contributed by atoms with Gasteiger partial charge in [0.1, 0.15) is 11.6 Å². The Hall–Kier alpha value is -2.10. The van der Waals surface area contributed by atoms with E-state index in [1.54, 1.807) is 48.3 Å². The first-order valence-corrected chi connectivity index (χ1v) is 5.47. The van der Waals surface area contributed by atoms with Crippen molar-refractivity contribution in [3.05, 3.63) is 48.0 Å². The Morgan fingerprint density at radius 1 is 1.35 bits per heavy atom. The summed E-state index contributed by atoms with van der Waals surface area (Å²) >= 11 is 0. The third-order valence-electron chi connectivity index (χ3n) is 2.59. The maximum Gasteiger partial charge on any atom is 0.263 e. The third kappa shape index (κ3) is 2.20. The number of nitrogens with zero attached hydrogens (tertiary/aromatic N) is 2. The third-order valence-corrected chi connectivity index (χ3v) is 2.59. The molecule has 0 saturated heterocycles. The molecule has 0 unspecified atom stereocenters. The standard InChI is InChI=1S/C13H14N2O2/c1-3-12-14-8-9-15(12)13(16)10-4-6-11(17-2)7-5-10/h4-9H,3H2,1-2H3. The molecule has 4 heteroatoms. The number of rotatable bonds is 3. The number of benzene rings is 1. The molecule has 0 amide bonds. The van der Waals surface area contributed by atoms with Crippen molar-refractivity contribution in [3.63, 3.8) is 0 Å². The number of hydrogen-bond acceptors (Lipinski definition) is 3. The van der Waals surface area contributed by atoms with E-state index in [0.717, 1.165) is 18.0 Å². The smallest absolute Gasteiger partial charge is 0.263 e. The second-order valence-corrected chi connectivity index (χ2v) is 3.60. The Morgan fingerprint density at radius 3 is 2.65 bits per heavy atom. The fraction of sp³-hybridized carbons (Fsp3) is 0.231. The monoisotopic (exact) mass is 230 g/mol. The second-order valence-electron chi connectivity index (χ2n) is 3.60. The zero-order valence-corrected chi connectivity index (χ0v) is 9.88. The van der Waals surface area contributed by atoms with Crippen LogP contribution in [0.3, 0.4) is 0 Å². The van der Waals surface area contributed by atoms with Gasteiger partial charge in [-0.1, -0.05) is 6.92 Å². The Kier molecular flexibility index (Phi) is 3.23. The van der Waals surface area contributed by atoms with Crippen LogP contribution in [-0.2, 0) is 6.42 Å². The molecular formula is C13H14N2O2. The lowest BCUT2D eigenvalue weighted by atomic mass is 10.2. The normalized spacial score (nSPS) is 10.2. The maximum atomic E-state index is 12.2. The molecule has 0 bridgehead atoms. The average molecular weight is 230 g/mol. The van der Waals surface area contributed by atoms with Crippen LogP contribution >= 0.6 is 0 Å². The van der Waals surface area contributed by atoms with E-state index in [1.165, 1.54) is 0 Å². The SMILES string of the molecule is CCc1nccn1C(=O)c1ccc(OC)cc1. The number of methoxy groups -OCH3 is 1. The lowest BCUT2D eigenvalue weighted by molar-refractivity contribution is 0.0956. The molecule has 0 N–H and O–H groups in total. The first-order chi connectivity index (χ1) is 8.26. The van der Waals surface area contributed by atoms with Crippen molar-refractivity contribution in [1.82, 2.24) is 9.55 Å². The van der Waals surface area contributed by atoms with E-state index >= 15 is 0 Å². The molecular weight excluding hydrogens is 216 g/mol. The molecule has 0 aliphatic carbocycles. The molecule has 88 valence electrons. The molecule has 1 aromatic heterocycles. The number of aryl methyl sites for hydroxylation is 1. The van der Waals surface area contributed by atoms with Crippen molar-refractivity contribution in [2.24, 2.45) is 0 Å². The molecule has 0 aliphatic rings. The predicted octanol–water partition coefficient (Wildman–Crippen LogP) is 2.14. The molecule has 1 aromatic carbocycles. The van der Waals surface area contributed by atoms with Crippen molar-refractivity contribution < 1.29 is 9.53 Å². The first kappa shape index (κ1) is 11.4. The van der Waals surface area contributed by atoms with Crippen molar-refractivity contribution >= 4 is 5.91 Å². The molecule has 0 spiro atoms. The second kappa shape index (κ2) is 4.82. The van der Waals surface area contributed by atoms with Gasteiger partial charge in [-0.3, -0.25) is 9.36 Å². The Balaban J connectivity index is 2.30. The van der Waals surface area contributed by atoms with E-state index < -0.39 is 0 Å². The summed E-state index contributed by atoms with van der Waals surface area (Å²) in [6.45, 7) is 1.97. The highest BCUT2D eigenvalue weighted by Gasteiger charge is 2.11. The van der Waals surface area contributed by atoms with E-state index in [2.05, 4.69) is 4.98 Å². The largest absolute Gasteiger partial charge is 0.497 e. The topological polar surface area (TPSA) is 44.1 Å². The van der Waals surface area contributed by atoms with Gasteiger partial charge in [-0.05, 0) is 24.3 Å². The summed E-state index contributed by atoms with van der Waals surface area (Å²) in [6, 6.07) is 7.05. The zero-order valence-electron chi connectivity index (χ0n) is 9.88. The van der Waals surface area contributed by atoms with Gasteiger partial charge in [-0.25, -0.2) is 4.98 Å². The molecule has 2 aromatic rings. The Morgan fingerprint density at radius 2 is 2.06 bits per heavy atom. The van der Waals surface area contributed by atoms with Crippen LogP contribution in [0.25, 0.3) is 0 Å². The summed E-state index contributed by atoms with van der Waals surface area (Å²) < 4.78 is 6.63. The number of hydrogen-bond donors (Lipinski definition) is 0. The minimum Gasteiger partial charge on any atom is -0.497 e. The molecule has 0 atom stereocenters. The quantitative estimate of drug-likeness (QED) is 0.811. The van der Waals surface area contributed by atoms with Crippen molar-refractivity contribution in [1.29, 1.82) is 0 Å². The highest BCUT2D eigenvalue weighted by Crippen LogP contribution is 2.13. The summed E-state index contributed by atoms with van der Waals surface area (Å²) in [5.41, 5.74) is 0.624. The van der Waals surface area contributed by atoms with E-state index in [1.807, 2.05) is 6.92 Å². The van der Waals surface area contributed by atoms with Crippen molar-refractivity contribution in [3.8, 4) is 5.75 Å². The number of imidazole rings is 1. The summed E-state index contributed by atoms with van der Waals surface area (Å²) in [4.78, 5) is 16.3. The first-order valence-electron chi connectivity index (χ1n) is 5.47. The van der Waals surface area contributed by atoms with E-state index in [4.69, 9.17) is 4.74 Å². The van der Waals surface area contributed by atoms with Crippen LogP contribution in [0.15, 0.2) is 36.7 Å². The van der Waals surface area contributed by atoms with Crippen LogP contribution < -0.4 is 4.74 Å². The minimum absolute atomic E-state index is 0.0676. The number of carbonyl (C=O) groups is 1. The highest BCUT2D eigenvalue weighted by molar-refractivity contribution is 5.96. The van der Waals surface area contributed by atoms with Crippen molar-refractivity contribution in [2.75, 3.05) is 7.11 Å². The number of ether oxygens (including phenoxy) is 1. The molecule has 17 heavy (non-hydrogen) atoms. The molecule has 4 nitrogen and oxygen atoms in total. The van der Waals surface area contributed by atoms with Crippen LogP contribution in [0, 0.1) is 0 Å². The molecule has 0 saturated carbocycles. The van der Waals surface area contributed by atoms with Crippen LogP contribution in [0.2, 0.25) is 0 Å². The van der Waals surface area contributed by atoms with Gasteiger partial charge in [-0.2, -0.15) is 0 Å². The Bertz CT molecular complexity index is 514. The predicted molar refractivity (Wildman–Crippen MR) is 64.3 cm³/mol. The lowest BCUT2D eigenvalue weighted by Crippen LogP contribution is -2.14. The summed E-state index contributed by atoms with van der Waals surface area (Å²) in [6.07, 6.45) is 4.06. The van der Waals surface area contributed by atoms with Gasteiger partial charge in [0.15, 0.2) is 0 Å². The average Bonchev–Trinajstić information content (AvgIpc) is 2.86. The molecule has 0 fully saturated rings. The fourth-order valence-corrected chi connectivity index (χ4v) is 1.65. The molecule has 0 radical (unpaired) electrons. The zero-order chi connectivity index (χ0) is 12.3. The van der Waals surface area contributed by atoms with Crippen LogP contribution in [0.4, 0.5) is 0 Å². The van der Waals surface area contributed by atoms with Gasteiger partial charge >= 0.3 is 0 Å². The van der Waals surface area contributed by atoms with Gasteiger partial charge in [0.2, 0.25) is 0 Å². The summed E-state index contributed by atoms with van der Waals surface area (Å²) in [5.74, 6) is 1.44. The van der Waals surface area contributed by atoms with Gasteiger partial charge in [0.25, 0.3) is 5.91 Å². The Labute approximate surface area is 99.9 Å².